The molecule has 138 valence electrons. The molecule has 3 N–H and O–H groups in total. The lowest BCUT2D eigenvalue weighted by Gasteiger charge is -2.20. The molecular weight excluding hydrogens is 344 g/mol. The van der Waals surface area contributed by atoms with Crippen LogP contribution in [-0.2, 0) is 14.8 Å². The Balaban J connectivity index is 2.09. The second-order valence-electron chi connectivity index (χ2n) is 7.34. The third-order valence-corrected chi connectivity index (χ3v) is 5.79. The minimum atomic E-state index is -3.66. The molecule has 1 saturated carbocycles. The van der Waals surface area contributed by atoms with E-state index in [2.05, 4.69) is 10.0 Å². The van der Waals surface area contributed by atoms with Gasteiger partial charge in [-0.05, 0) is 57.9 Å². The number of nitrogens with one attached hydrogen (secondary N) is 2. The van der Waals surface area contributed by atoms with Crippen LogP contribution in [0.1, 0.15) is 50.4 Å². The van der Waals surface area contributed by atoms with Crippen LogP contribution >= 0.6 is 0 Å². The van der Waals surface area contributed by atoms with Crippen LogP contribution in [0.15, 0.2) is 29.2 Å². The smallest absolute Gasteiger partial charge is 0.308 e. The molecule has 0 spiro atoms. The summed E-state index contributed by atoms with van der Waals surface area (Å²) in [5, 5.41) is 11.9. The Hall–Kier alpha value is -1.93. The molecule has 0 bridgehead atoms. The number of carboxylic acid groups (broad SMARTS) is 1. The Morgan fingerprint density at radius 1 is 1.12 bits per heavy atom. The van der Waals surface area contributed by atoms with Gasteiger partial charge >= 0.3 is 5.97 Å². The summed E-state index contributed by atoms with van der Waals surface area (Å²) in [5.41, 5.74) is -0.311. The van der Waals surface area contributed by atoms with Crippen molar-refractivity contribution in [1.82, 2.24) is 10.0 Å². The van der Waals surface area contributed by atoms with Crippen LogP contribution in [0, 0.1) is 5.92 Å². The SMILES string of the molecule is CC(C)(C)NS(=O)(=O)c1ccc(C(=O)N[C@@H]2CCC[C@@H]2C(=O)O)cc1. The first kappa shape index (κ1) is 19.4. The van der Waals surface area contributed by atoms with Gasteiger partial charge in [0.25, 0.3) is 5.91 Å². The third-order valence-electron chi connectivity index (χ3n) is 4.02. The first-order chi connectivity index (χ1) is 11.5. The summed E-state index contributed by atoms with van der Waals surface area (Å²) < 4.78 is 27.0. The fourth-order valence-electron chi connectivity index (χ4n) is 2.93. The van der Waals surface area contributed by atoms with E-state index in [1.165, 1.54) is 24.3 Å². The number of carbonyl (C=O) groups excluding carboxylic acids is 1. The fraction of sp³-hybridized carbons (Fsp3) is 0.529. The lowest BCUT2D eigenvalue weighted by atomic mass is 10.0. The van der Waals surface area contributed by atoms with Gasteiger partial charge < -0.3 is 10.4 Å². The number of carboxylic acids is 1. The monoisotopic (exact) mass is 368 g/mol. The number of hydrogen-bond donors (Lipinski definition) is 3. The molecule has 1 amide bonds. The molecule has 0 heterocycles. The van der Waals surface area contributed by atoms with Crippen molar-refractivity contribution in [2.24, 2.45) is 5.92 Å². The topological polar surface area (TPSA) is 113 Å². The molecule has 8 heteroatoms. The normalized spacial score (nSPS) is 21.1. The molecule has 0 radical (unpaired) electrons. The van der Waals surface area contributed by atoms with E-state index in [-0.39, 0.29) is 4.90 Å². The van der Waals surface area contributed by atoms with Gasteiger partial charge in [-0.15, -0.1) is 0 Å². The molecule has 0 unspecified atom stereocenters. The highest BCUT2D eigenvalue weighted by Crippen LogP contribution is 2.26. The number of rotatable bonds is 5. The average Bonchev–Trinajstić information content (AvgIpc) is 2.93. The van der Waals surface area contributed by atoms with Crippen molar-refractivity contribution >= 4 is 21.9 Å². The van der Waals surface area contributed by atoms with Gasteiger partial charge in [-0.2, -0.15) is 0 Å². The molecule has 1 aromatic carbocycles. The van der Waals surface area contributed by atoms with E-state index in [4.69, 9.17) is 5.11 Å². The van der Waals surface area contributed by atoms with Crippen LogP contribution in [-0.4, -0.2) is 37.0 Å². The van der Waals surface area contributed by atoms with Gasteiger partial charge in [-0.3, -0.25) is 9.59 Å². The van der Waals surface area contributed by atoms with Gasteiger partial charge in [0.1, 0.15) is 0 Å². The Labute approximate surface area is 147 Å². The lowest BCUT2D eigenvalue weighted by Crippen LogP contribution is -2.41. The molecule has 0 aliphatic heterocycles. The van der Waals surface area contributed by atoms with Gasteiger partial charge in [0.15, 0.2) is 0 Å². The summed E-state index contributed by atoms with van der Waals surface area (Å²) in [5.74, 6) is -1.87. The van der Waals surface area contributed by atoms with Gasteiger partial charge in [0.05, 0.1) is 10.8 Å². The highest BCUT2D eigenvalue weighted by molar-refractivity contribution is 7.89. The molecule has 7 nitrogen and oxygen atoms in total. The van der Waals surface area contributed by atoms with Crippen LogP contribution < -0.4 is 10.0 Å². The van der Waals surface area contributed by atoms with E-state index in [1.54, 1.807) is 20.8 Å². The first-order valence-corrected chi connectivity index (χ1v) is 9.66. The Bertz CT molecular complexity index is 750. The molecule has 2 rings (SSSR count). The number of hydrogen-bond acceptors (Lipinski definition) is 4. The molecule has 0 aromatic heterocycles. The maximum absolute atomic E-state index is 12.3. The summed E-state index contributed by atoms with van der Waals surface area (Å²) in [6, 6.07) is 5.20. The van der Waals surface area contributed by atoms with Crippen LogP contribution in [0.2, 0.25) is 0 Å². The van der Waals surface area contributed by atoms with Crippen molar-refractivity contribution in [3.63, 3.8) is 0 Å². The zero-order valence-corrected chi connectivity index (χ0v) is 15.4. The standard InChI is InChI=1S/C17H24N2O5S/c1-17(2,3)19-25(23,24)12-9-7-11(8-10-12)15(20)18-14-6-4-5-13(14)16(21)22/h7-10,13-14,19H,4-6H2,1-3H3,(H,18,20)(H,21,22)/t13-,14+/m0/s1. The van der Waals surface area contributed by atoms with E-state index in [9.17, 15) is 18.0 Å². The van der Waals surface area contributed by atoms with Gasteiger partial charge in [0, 0.05) is 17.1 Å². The van der Waals surface area contributed by atoms with Crippen molar-refractivity contribution in [2.45, 2.75) is 56.5 Å². The van der Waals surface area contributed by atoms with E-state index in [1.807, 2.05) is 0 Å². The predicted molar refractivity (Wildman–Crippen MR) is 92.7 cm³/mol. The van der Waals surface area contributed by atoms with Gasteiger partial charge in [-0.1, -0.05) is 6.42 Å². The van der Waals surface area contributed by atoms with Crippen molar-refractivity contribution in [3.8, 4) is 0 Å². The number of carbonyl (C=O) groups is 2. The minimum Gasteiger partial charge on any atom is -0.481 e. The van der Waals surface area contributed by atoms with Crippen molar-refractivity contribution in [3.05, 3.63) is 29.8 Å². The molecule has 1 aromatic rings. The Morgan fingerprint density at radius 3 is 2.24 bits per heavy atom. The predicted octanol–water partition coefficient (Wildman–Crippen LogP) is 1.75. The second kappa shape index (κ2) is 7.13. The molecule has 25 heavy (non-hydrogen) atoms. The fourth-order valence-corrected chi connectivity index (χ4v) is 4.35. The highest BCUT2D eigenvalue weighted by Gasteiger charge is 2.34. The Kier molecular flexibility index (Phi) is 5.53. The maximum Gasteiger partial charge on any atom is 0.308 e. The molecule has 2 atom stereocenters. The van der Waals surface area contributed by atoms with E-state index in [0.717, 1.165) is 6.42 Å². The third kappa shape index (κ3) is 5.02. The first-order valence-electron chi connectivity index (χ1n) is 8.17. The Morgan fingerprint density at radius 2 is 1.72 bits per heavy atom. The summed E-state index contributed by atoms with van der Waals surface area (Å²) in [7, 11) is -3.66. The summed E-state index contributed by atoms with van der Waals surface area (Å²) in [4.78, 5) is 23.5. The zero-order chi connectivity index (χ0) is 18.8. The maximum atomic E-state index is 12.3. The molecule has 0 saturated heterocycles. The van der Waals surface area contributed by atoms with Crippen LogP contribution in [0.3, 0.4) is 0 Å². The minimum absolute atomic E-state index is 0.0725. The zero-order valence-electron chi connectivity index (χ0n) is 14.6. The van der Waals surface area contributed by atoms with Crippen molar-refractivity contribution in [2.75, 3.05) is 0 Å². The van der Waals surface area contributed by atoms with Gasteiger partial charge in [-0.25, -0.2) is 13.1 Å². The number of amides is 1. The lowest BCUT2D eigenvalue weighted by molar-refractivity contribution is -0.142. The van der Waals surface area contributed by atoms with Crippen molar-refractivity contribution in [1.29, 1.82) is 0 Å². The van der Waals surface area contributed by atoms with Gasteiger partial charge in [0.2, 0.25) is 10.0 Å². The van der Waals surface area contributed by atoms with E-state index < -0.39 is 39.4 Å². The molecular formula is C17H24N2O5S. The summed E-state index contributed by atoms with van der Waals surface area (Å²) in [6.45, 7) is 5.23. The van der Waals surface area contributed by atoms with Crippen LogP contribution in [0.25, 0.3) is 0 Å². The number of benzene rings is 1. The van der Waals surface area contributed by atoms with Crippen LogP contribution in [0.5, 0.6) is 0 Å². The number of aliphatic carboxylic acids is 1. The van der Waals surface area contributed by atoms with Crippen LogP contribution in [0.4, 0.5) is 0 Å². The summed E-state index contributed by atoms with van der Waals surface area (Å²) >= 11 is 0. The summed E-state index contributed by atoms with van der Waals surface area (Å²) in [6.07, 6.45) is 1.94. The molecule has 1 aliphatic carbocycles. The molecule has 1 fully saturated rings. The number of sulfonamides is 1. The quantitative estimate of drug-likeness (QED) is 0.733. The molecule has 1 aliphatic rings. The van der Waals surface area contributed by atoms with E-state index >= 15 is 0 Å². The highest BCUT2D eigenvalue weighted by atomic mass is 32.2. The largest absolute Gasteiger partial charge is 0.481 e. The van der Waals surface area contributed by atoms with E-state index in [0.29, 0.717) is 18.4 Å². The average molecular weight is 368 g/mol. The van der Waals surface area contributed by atoms with Crippen molar-refractivity contribution < 1.29 is 23.1 Å². The second-order valence-corrected chi connectivity index (χ2v) is 9.02.